The van der Waals surface area contributed by atoms with Gasteiger partial charge in [-0.25, -0.2) is 0 Å². The molecule has 0 atom stereocenters. The lowest BCUT2D eigenvalue weighted by Crippen LogP contribution is -2.32. The Kier molecular flexibility index (Phi) is 4.50. The average molecular weight is 178 g/mol. The van der Waals surface area contributed by atoms with Crippen molar-refractivity contribution < 1.29 is 4.79 Å². The monoisotopic (exact) mass is 177 g/mol. The fourth-order valence-corrected chi connectivity index (χ4v) is 1.22. The highest BCUT2D eigenvalue weighted by Gasteiger charge is 2.16. The smallest absolute Gasteiger partial charge is 0.216 e. The Morgan fingerprint density at radius 3 is 2.45 bits per heavy atom. The van der Waals surface area contributed by atoms with E-state index in [1.807, 2.05) is 0 Å². The second-order valence-corrected chi connectivity index (χ2v) is 3.89. The van der Waals surface area contributed by atoms with E-state index in [2.05, 4.69) is 19.2 Å². The average Bonchev–Trinajstić information content (AvgIpc) is 1.84. The molecule has 0 rings (SSSR count). The summed E-state index contributed by atoms with van der Waals surface area (Å²) in [6, 6.07) is 0. The lowest BCUT2D eigenvalue weighted by atomic mass is 9.90. The molecule has 0 radical (unpaired) electrons. The summed E-state index contributed by atoms with van der Waals surface area (Å²) in [5.41, 5.74) is 0.118. The van der Waals surface area contributed by atoms with Crippen LogP contribution in [0.25, 0.3) is 0 Å². The predicted molar refractivity (Wildman–Crippen MR) is 47.8 cm³/mol. The van der Waals surface area contributed by atoms with Crippen LogP contribution < -0.4 is 5.32 Å². The normalized spacial score (nSPS) is 11.3. The number of hydrogen-bond donors (Lipinski definition) is 1. The van der Waals surface area contributed by atoms with E-state index in [1.54, 1.807) is 0 Å². The van der Waals surface area contributed by atoms with Crippen molar-refractivity contribution in [1.82, 2.24) is 5.32 Å². The number of rotatable bonds is 4. The molecule has 0 saturated carbocycles. The van der Waals surface area contributed by atoms with Crippen molar-refractivity contribution in [3.05, 3.63) is 0 Å². The van der Waals surface area contributed by atoms with E-state index >= 15 is 0 Å². The highest BCUT2D eigenvalue weighted by atomic mass is 35.5. The Balaban J connectivity index is 3.63. The first-order valence-corrected chi connectivity index (χ1v) is 4.32. The molecule has 0 saturated heterocycles. The zero-order valence-corrected chi connectivity index (χ0v) is 8.16. The van der Waals surface area contributed by atoms with Gasteiger partial charge in [0.2, 0.25) is 5.91 Å². The molecule has 0 aromatic heterocycles. The van der Waals surface area contributed by atoms with Crippen LogP contribution in [0, 0.1) is 5.41 Å². The van der Waals surface area contributed by atoms with Crippen LogP contribution in [-0.4, -0.2) is 18.3 Å². The molecule has 0 heterocycles. The summed E-state index contributed by atoms with van der Waals surface area (Å²) in [5.74, 6) is 0.666. The standard InChI is InChI=1S/C8H16ClNO/c1-7(11)10-6-8(2,3)4-5-9/h4-6H2,1-3H3,(H,10,11). The molecule has 0 aliphatic carbocycles. The van der Waals surface area contributed by atoms with Crippen molar-refractivity contribution in [2.75, 3.05) is 12.4 Å². The third kappa shape index (κ3) is 6.17. The molecule has 2 nitrogen and oxygen atoms in total. The first-order valence-electron chi connectivity index (χ1n) is 3.78. The molecule has 0 spiro atoms. The Hall–Kier alpha value is -0.240. The Labute approximate surface area is 73.3 Å². The largest absolute Gasteiger partial charge is 0.356 e. The molecule has 3 heteroatoms. The van der Waals surface area contributed by atoms with Crippen LogP contribution in [0.4, 0.5) is 0 Å². The number of alkyl halides is 1. The minimum atomic E-state index is 0.0210. The molecule has 0 aliphatic heterocycles. The maximum absolute atomic E-state index is 10.6. The van der Waals surface area contributed by atoms with Crippen LogP contribution in [0.1, 0.15) is 27.2 Å². The van der Waals surface area contributed by atoms with Crippen LogP contribution in [0.2, 0.25) is 0 Å². The molecular weight excluding hydrogens is 162 g/mol. The SMILES string of the molecule is CC(=O)NCC(C)(C)CCCl. The van der Waals surface area contributed by atoms with Crippen molar-refractivity contribution in [2.45, 2.75) is 27.2 Å². The number of halogens is 1. The number of carbonyl (C=O) groups is 1. The third-order valence-electron chi connectivity index (χ3n) is 1.59. The van der Waals surface area contributed by atoms with Gasteiger partial charge in [-0.05, 0) is 11.8 Å². The van der Waals surface area contributed by atoms with Gasteiger partial charge >= 0.3 is 0 Å². The highest BCUT2D eigenvalue weighted by molar-refractivity contribution is 6.17. The Morgan fingerprint density at radius 2 is 2.09 bits per heavy atom. The summed E-state index contributed by atoms with van der Waals surface area (Å²) in [5, 5.41) is 2.77. The first kappa shape index (κ1) is 10.8. The molecule has 11 heavy (non-hydrogen) atoms. The Bertz CT molecular complexity index is 134. The van der Waals surface area contributed by atoms with Crippen LogP contribution in [-0.2, 0) is 4.79 Å². The van der Waals surface area contributed by atoms with Crippen molar-refractivity contribution in [2.24, 2.45) is 5.41 Å². The number of nitrogens with one attached hydrogen (secondary N) is 1. The molecule has 1 N–H and O–H groups in total. The quantitative estimate of drug-likeness (QED) is 0.652. The van der Waals surface area contributed by atoms with Crippen LogP contribution in [0.3, 0.4) is 0 Å². The fraction of sp³-hybridized carbons (Fsp3) is 0.875. The molecular formula is C8H16ClNO. The van der Waals surface area contributed by atoms with E-state index in [0.717, 1.165) is 6.42 Å². The van der Waals surface area contributed by atoms with Crippen LogP contribution >= 0.6 is 11.6 Å². The maximum atomic E-state index is 10.6. The summed E-state index contributed by atoms with van der Waals surface area (Å²) in [7, 11) is 0. The second-order valence-electron chi connectivity index (χ2n) is 3.51. The third-order valence-corrected chi connectivity index (χ3v) is 1.78. The van der Waals surface area contributed by atoms with Crippen LogP contribution in [0.5, 0.6) is 0 Å². The number of carbonyl (C=O) groups excluding carboxylic acids is 1. The van der Waals surface area contributed by atoms with Gasteiger partial charge in [-0.3, -0.25) is 4.79 Å². The number of amides is 1. The minimum absolute atomic E-state index is 0.0210. The van der Waals surface area contributed by atoms with Crippen molar-refractivity contribution in [1.29, 1.82) is 0 Å². The van der Waals surface area contributed by atoms with Crippen LogP contribution in [0.15, 0.2) is 0 Å². The van der Waals surface area contributed by atoms with E-state index in [0.29, 0.717) is 12.4 Å². The van der Waals surface area contributed by atoms with Crippen molar-refractivity contribution in [3.63, 3.8) is 0 Å². The molecule has 0 aromatic carbocycles. The van der Waals surface area contributed by atoms with E-state index in [4.69, 9.17) is 11.6 Å². The van der Waals surface area contributed by atoms with Gasteiger partial charge in [-0.2, -0.15) is 0 Å². The topological polar surface area (TPSA) is 29.1 Å². The molecule has 0 unspecified atom stereocenters. The van der Waals surface area contributed by atoms with Gasteiger partial charge in [0, 0.05) is 19.3 Å². The molecule has 66 valence electrons. The van der Waals surface area contributed by atoms with Gasteiger partial charge in [0.1, 0.15) is 0 Å². The van der Waals surface area contributed by atoms with Gasteiger partial charge < -0.3 is 5.32 Å². The first-order chi connectivity index (χ1) is 4.98. The van der Waals surface area contributed by atoms with Crippen molar-refractivity contribution >= 4 is 17.5 Å². The lowest BCUT2D eigenvalue weighted by Gasteiger charge is -2.23. The molecule has 0 fully saturated rings. The predicted octanol–water partition coefficient (Wildman–Crippen LogP) is 1.78. The highest BCUT2D eigenvalue weighted by Crippen LogP contribution is 2.19. The summed E-state index contributed by atoms with van der Waals surface area (Å²) in [6.45, 7) is 6.41. The lowest BCUT2D eigenvalue weighted by molar-refractivity contribution is -0.119. The molecule has 0 aromatic rings. The molecule has 0 bridgehead atoms. The Morgan fingerprint density at radius 1 is 1.55 bits per heavy atom. The zero-order chi connectivity index (χ0) is 8.91. The van der Waals surface area contributed by atoms with Gasteiger partial charge in [0.05, 0.1) is 0 Å². The molecule has 0 aliphatic rings. The van der Waals surface area contributed by atoms with E-state index < -0.39 is 0 Å². The van der Waals surface area contributed by atoms with E-state index in [9.17, 15) is 4.79 Å². The van der Waals surface area contributed by atoms with E-state index in [-0.39, 0.29) is 11.3 Å². The van der Waals surface area contributed by atoms with Gasteiger partial charge in [-0.15, -0.1) is 11.6 Å². The summed E-state index contributed by atoms with van der Waals surface area (Å²) in [4.78, 5) is 10.6. The number of hydrogen-bond acceptors (Lipinski definition) is 1. The van der Waals surface area contributed by atoms with E-state index in [1.165, 1.54) is 6.92 Å². The second kappa shape index (κ2) is 4.60. The van der Waals surface area contributed by atoms with Gasteiger partial charge in [0.15, 0.2) is 0 Å². The van der Waals surface area contributed by atoms with Gasteiger partial charge in [0.25, 0.3) is 0 Å². The van der Waals surface area contributed by atoms with Gasteiger partial charge in [-0.1, -0.05) is 13.8 Å². The summed E-state index contributed by atoms with van der Waals surface area (Å²) in [6.07, 6.45) is 0.925. The fourth-order valence-electron chi connectivity index (χ4n) is 0.708. The van der Waals surface area contributed by atoms with Crippen molar-refractivity contribution in [3.8, 4) is 0 Å². The minimum Gasteiger partial charge on any atom is -0.356 e. The maximum Gasteiger partial charge on any atom is 0.216 e. The summed E-state index contributed by atoms with van der Waals surface area (Å²) < 4.78 is 0. The zero-order valence-electron chi connectivity index (χ0n) is 7.41. The molecule has 1 amide bonds. The summed E-state index contributed by atoms with van der Waals surface area (Å²) >= 11 is 5.59.